The Morgan fingerprint density at radius 2 is 2.18 bits per heavy atom. The lowest BCUT2D eigenvalue weighted by molar-refractivity contribution is 0.414. The van der Waals surface area contributed by atoms with Crippen LogP contribution in [0.2, 0.25) is 0 Å². The van der Waals surface area contributed by atoms with Crippen LogP contribution in [-0.4, -0.2) is 31.9 Å². The van der Waals surface area contributed by atoms with E-state index < -0.39 is 0 Å². The van der Waals surface area contributed by atoms with Gasteiger partial charge in [-0.1, -0.05) is 12.1 Å². The Kier molecular flexibility index (Phi) is 4.53. The zero-order valence-electron chi connectivity index (χ0n) is 10.6. The molecule has 0 bridgehead atoms. The molecule has 4 nitrogen and oxygen atoms in total. The van der Waals surface area contributed by atoms with Crippen molar-refractivity contribution in [1.29, 1.82) is 5.26 Å². The van der Waals surface area contributed by atoms with Crippen LogP contribution in [0.4, 0.5) is 0 Å². The van der Waals surface area contributed by atoms with Crippen molar-refractivity contribution in [2.75, 3.05) is 21.2 Å². The number of hydrogen-bond donors (Lipinski definition) is 0. The van der Waals surface area contributed by atoms with Crippen molar-refractivity contribution < 1.29 is 4.74 Å². The van der Waals surface area contributed by atoms with Gasteiger partial charge in [0.25, 0.3) is 0 Å². The van der Waals surface area contributed by atoms with E-state index in [1.807, 2.05) is 45.3 Å². The average Bonchev–Trinajstić information content (AvgIpc) is 2.29. The highest BCUT2D eigenvalue weighted by atomic mass is 16.5. The van der Waals surface area contributed by atoms with E-state index in [4.69, 9.17) is 4.74 Å². The third kappa shape index (κ3) is 3.49. The van der Waals surface area contributed by atoms with Crippen LogP contribution in [-0.2, 0) is 0 Å². The van der Waals surface area contributed by atoms with E-state index in [2.05, 4.69) is 11.2 Å². The molecule has 4 heteroatoms. The summed E-state index contributed by atoms with van der Waals surface area (Å²) in [6.07, 6.45) is 0. The molecular weight excluding hydrogens is 214 g/mol. The Hall–Kier alpha value is -2.02. The van der Waals surface area contributed by atoms with Crippen molar-refractivity contribution in [3.05, 3.63) is 29.8 Å². The van der Waals surface area contributed by atoms with E-state index >= 15 is 0 Å². The number of hydrazone groups is 1. The van der Waals surface area contributed by atoms with Gasteiger partial charge in [0, 0.05) is 14.1 Å². The Morgan fingerprint density at radius 3 is 2.71 bits per heavy atom. The maximum Gasteiger partial charge on any atom is 0.119 e. The summed E-state index contributed by atoms with van der Waals surface area (Å²) in [5, 5.41) is 15.2. The van der Waals surface area contributed by atoms with Gasteiger partial charge in [-0.3, -0.25) is 0 Å². The summed E-state index contributed by atoms with van der Waals surface area (Å²) in [5.41, 5.74) is 1.67. The Balaban J connectivity index is 3.06. The second kappa shape index (κ2) is 5.90. The van der Waals surface area contributed by atoms with Crippen LogP contribution in [0.3, 0.4) is 0 Å². The Morgan fingerprint density at radius 1 is 1.47 bits per heavy atom. The summed E-state index contributed by atoms with van der Waals surface area (Å²) in [4.78, 5) is 0. The first kappa shape index (κ1) is 13.0. The van der Waals surface area contributed by atoms with Gasteiger partial charge in [-0.15, -0.1) is 0 Å². The van der Waals surface area contributed by atoms with Crippen LogP contribution >= 0.6 is 0 Å². The number of nitrogens with zero attached hydrogens (tertiary/aromatic N) is 3. The Labute approximate surface area is 102 Å². The molecule has 0 N–H and O–H groups in total. The summed E-state index contributed by atoms with van der Waals surface area (Å²) in [6, 6.07) is 9.77. The van der Waals surface area contributed by atoms with Gasteiger partial charge in [-0.2, -0.15) is 10.4 Å². The average molecular weight is 231 g/mol. The normalized spacial score (nSPS) is 12.8. The number of methoxy groups -OCH3 is 1. The molecule has 0 saturated heterocycles. The van der Waals surface area contributed by atoms with Crippen molar-refractivity contribution in [2.45, 2.75) is 12.8 Å². The van der Waals surface area contributed by atoms with Gasteiger partial charge in [0.2, 0.25) is 0 Å². The lowest BCUT2D eigenvalue weighted by atomic mass is 9.96. The fraction of sp³-hybridized carbons (Fsp3) is 0.385. The molecule has 1 aromatic rings. The first-order valence-corrected chi connectivity index (χ1v) is 5.34. The SMILES string of the molecule is COc1cccc(C(C#N)/C(C)=N/N(C)C)c1. The van der Waals surface area contributed by atoms with Gasteiger partial charge in [0.15, 0.2) is 0 Å². The van der Waals surface area contributed by atoms with Gasteiger partial charge in [0.05, 0.1) is 18.9 Å². The molecule has 17 heavy (non-hydrogen) atoms. The summed E-state index contributed by atoms with van der Waals surface area (Å²) in [6.45, 7) is 1.85. The van der Waals surface area contributed by atoms with E-state index in [9.17, 15) is 5.26 Å². The highest BCUT2D eigenvalue weighted by Crippen LogP contribution is 2.21. The quantitative estimate of drug-likeness (QED) is 0.590. The van der Waals surface area contributed by atoms with Crippen LogP contribution < -0.4 is 4.74 Å². The number of nitriles is 1. The number of rotatable bonds is 4. The molecule has 0 aliphatic rings. The first-order chi connectivity index (χ1) is 8.08. The predicted octanol–water partition coefficient (Wildman–Crippen LogP) is 2.24. The molecule has 1 aromatic carbocycles. The largest absolute Gasteiger partial charge is 0.497 e. The molecule has 0 aliphatic heterocycles. The molecule has 1 rings (SSSR count). The molecule has 0 radical (unpaired) electrons. The standard InChI is InChI=1S/C13H17N3O/c1-10(15-16(2)3)13(9-14)11-6-5-7-12(8-11)17-4/h5-8,13H,1-4H3/b15-10+. The molecule has 0 saturated carbocycles. The first-order valence-electron chi connectivity index (χ1n) is 5.34. The molecule has 0 fully saturated rings. The maximum absolute atomic E-state index is 9.24. The molecule has 0 amide bonds. The van der Waals surface area contributed by atoms with Crippen molar-refractivity contribution in [3.63, 3.8) is 0 Å². The van der Waals surface area contributed by atoms with Gasteiger partial charge in [-0.05, 0) is 24.6 Å². The van der Waals surface area contributed by atoms with Gasteiger partial charge >= 0.3 is 0 Å². The topological polar surface area (TPSA) is 48.6 Å². The Bertz CT molecular complexity index is 446. The molecule has 0 spiro atoms. The lowest BCUT2D eigenvalue weighted by Crippen LogP contribution is -2.13. The smallest absolute Gasteiger partial charge is 0.119 e. The van der Waals surface area contributed by atoms with Crippen LogP contribution in [0.1, 0.15) is 18.4 Å². The number of ether oxygens (including phenoxy) is 1. The third-order valence-corrected chi connectivity index (χ3v) is 2.33. The number of hydrogen-bond acceptors (Lipinski definition) is 4. The highest BCUT2D eigenvalue weighted by Gasteiger charge is 2.15. The van der Waals surface area contributed by atoms with Crippen LogP contribution in [0, 0.1) is 11.3 Å². The van der Waals surface area contributed by atoms with E-state index in [0.717, 1.165) is 17.0 Å². The molecule has 90 valence electrons. The third-order valence-electron chi connectivity index (χ3n) is 2.33. The second-order valence-corrected chi connectivity index (χ2v) is 3.93. The fourth-order valence-electron chi connectivity index (χ4n) is 1.60. The van der Waals surface area contributed by atoms with Gasteiger partial charge in [-0.25, -0.2) is 0 Å². The summed E-state index contributed by atoms with van der Waals surface area (Å²) < 4.78 is 5.15. The van der Waals surface area contributed by atoms with Crippen LogP contribution in [0.5, 0.6) is 5.75 Å². The van der Waals surface area contributed by atoms with Crippen molar-refractivity contribution >= 4 is 5.71 Å². The van der Waals surface area contributed by atoms with Crippen LogP contribution in [0.25, 0.3) is 0 Å². The van der Waals surface area contributed by atoms with Crippen LogP contribution in [0.15, 0.2) is 29.4 Å². The van der Waals surface area contributed by atoms with Crippen molar-refractivity contribution in [2.24, 2.45) is 5.10 Å². The summed E-state index contributed by atoms with van der Waals surface area (Å²) >= 11 is 0. The molecule has 0 heterocycles. The second-order valence-electron chi connectivity index (χ2n) is 3.93. The van der Waals surface area contributed by atoms with E-state index in [1.54, 1.807) is 12.1 Å². The monoisotopic (exact) mass is 231 g/mol. The number of benzene rings is 1. The van der Waals surface area contributed by atoms with Crippen molar-refractivity contribution in [3.8, 4) is 11.8 Å². The summed E-state index contributed by atoms with van der Waals surface area (Å²) in [5.74, 6) is 0.410. The van der Waals surface area contributed by atoms with Gasteiger partial charge < -0.3 is 9.75 Å². The fourth-order valence-corrected chi connectivity index (χ4v) is 1.60. The zero-order chi connectivity index (χ0) is 12.8. The molecule has 0 aliphatic carbocycles. The van der Waals surface area contributed by atoms with E-state index in [-0.39, 0.29) is 5.92 Å². The molecule has 0 aromatic heterocycles. The van der Waals surface area contributed by atoms with Gasteiger partial charge in [0.1, 0.15) is 11.7 Å². The highest BCUT2D eigenvalue weighted by molar-refractivity contribution is 5.91. The van der Waals surface area contributed by atoms with Crippen molar-refractivity contribution in [1.82, 2.24) is 5.01 Å². The predicted molar refractivity (Wildman–Crippen MR) is 68.1 cm³/mol. The minimum absolute atomic E-state index is 0.340. The van der Waals surface area contributed by atoms with E-state index in [1.165, 1.54) is 0 Å². The molecular formula is C13H17N3O. The minimum Gasteiger partial charge on any atom is -0.497 e. The zero-order valence-corrected chi connectivity index (χ0v) is 10.6. The maximum atomic E-state index is 9.24. The van der Waals surface area contributed by atoms with E-state index in [0.29, 0.717) is 0 Å². The molecule has 1 unspecified atom stereocenters. The molecule has 1 atom stereocenters. The summed E-state index contributed by atoms with van der Waals surface area (Å²) in [7, 11) is 5.29. The lowest BCUT2D eigenvalue weighted by Gasteiger charge is -2.13. The minimum atomic E-state index is -0.340.